The van der Waals surface area contributed by atoms with Crippen LogP contribution in [0.4, 0.5) is 0 Å². The second-order valence-electron chi connectivity index (χ2n) is 3.68. The van der Waals surface area contributed by atoms with Crippen molar-refractivity contribution < 1.29 is 4.79 Å². The standard InChI is InChI=1S/C12H13BrN2O/c1-2-15-7-10(12(14)16)9-5-3-8(13)4-6-11(9)15/h4-7H,2-3H2,1H3,(H2,14,16). The summed E-state index contributed by atoms with van der Waals surface area (Å²) in [5.41, 5.74) is 5.98. The maximum atomic E-state index is 11.3. The number of nitrogens with zero attached hydrogens (tertiary/aromatic N) is 1. The van der Waals surface area contributed by atoms with Crippen molar-refractivity contribution in [2.45, 2.75) is 19.9 Å². The number of nitrogens with two attached hydrogens (primary N) is 1. The van der Waals surface area contributed by atoms with E-state index in [4.69, 9.17) is 5.73 Å². The molecule has 0 atom stereocenters. The Labute approximate surface area is 102 Å². The lowest BCUT2D eigenvalue weighted by atomic mass is 10.2. The molecule has 1 aliphatic carbocycles. The Hall–Kier alpha value is -1.29. The van der Waals surface area contributed by atoms with Gasteiger partial charge in [-0.05, 0) is 30.0 Å². The van der Waals surface area contributed by atoms with E-state index >= 15 is 0 Å². The van der Waals surface area contributed by atoms with Gasteiger partial charge in [-0.25, -0.2) is 0 Å². The lowest BCUT2D eigenvalue weighted by molar-refractivity contribution is 0.0999. The zero-order valence-corrected chi connectivity index (χ0v) is 10.6. The topological polar surface area (TPSA) is 48.0 Å². The third-order valence-electron chi connectivity index (χ3n) is 2.69. The molecule has 0 unspecified atom stereocenters. The molecule has 0 aromatic carbocycles. The number of halogens is 1. The minimum atomic E-state index is -0.369. The Balaban J connectivity index is 2.78. The molecule has 1 aromatic heterocycles. The minimum absolute atomic E-state index is 0.369. The van der Waals surface area contributed by atoms with E-state index in [9.17, 15) is 4.79 Å². The maximum absolute atomic E-state index is 11.3. The molecule has 0 aliphatic heterocycles. The highest BCUT2D eigenvalue weighted by Crippen LogP contribution is 2.12. The highest BCUT2D eigenvalue weighted by Gasteiger charge is 2.09. The highest BCUT2D eigenvalue weighted by atomic mass is 79.9. The summed E-state index contributed by atoms with van der Waals surface area (Å²) in [5, 5.41) is 1.99. The number of hydrogen-bond donors (Lipinski definition) is 1. The first-order valence-corrected chi connectivity index (χ1v) is 5.98. The monoisotopic (exact) mass is 280 g/mol. The predicted octanol–water partition coefficient (Wildman–Crippen LogP) is 0.850. The van der Waals surface area contributed by atoms with Gasteiger partial charge in [0.25, 0.3) is 5.91 Å². The number of carbonyl (C=O) groups is 1. The number of fused-ring (bicyclic) bond motifs is 1. The third-order valence-corrected chi connectivity index (χ3v) is 3.28. The molecule has 16 heavy (non-hydrogen) atoms. The second-order valence-corrected chi connectivity index (χ2v) is 4.70. The Morgan fingerprint density at radius 3 is 2.94 bits per heavy atom. The van der Waals surface area contributed by atoms with E-state index in [0.29, 0.717) is 5.56 Å². The molecule has 1 amide bonds. The van der Waals surface area contributed by atoms with Crippen molar-refractivity contribution in [2.75, 3.05) is 0 Å². The van der Waals surface area contributed by atoms with Gasteiger partial charge in [0.15, 0.2) is 0 Å². The fourth-order valence-electron chi connectivity index (χ4n) is 1.88. The number of aromatic nitrogens is 1. The van der Waals surface area contributed by atoms with Crippen LogP contribution in [0.1, 0.15) is 23.7 Å². The molecule has 0 saturated carbocycles. The number of allylic oxidation sites excluding steroid dienone is 2. The van der Waals surface area contributed by atoms with Gasteiger partial charge in [0.2, 0.25) is 0 Å². The van der Waals surface area contributed by atoms with Crippen LogP contribution in [0, 0.1) is 0 Å². The third kappa shape index (κ3) is 1.85. The van der Waals surface area contributed by atoms with Crippen LogP contribution < -0.4 is 16.3 Å². The van der Waals surface area contributed by atoms with E-state index in [-0.39, 0.29) is 5.91 Å². The molecular weight excluding hydrogens is 268 g/mol. The first-order valence-electron chi connectivity index (χ1n) is 5.19. The van der Waals surface area contributed by atoms with E-state index < -0.39 is 0 Å². The summed E-state index contributed by atoms with van der Waals surface area (Å²) in [6, 6.07) is 0. The molecule has 0 fully saturated rings. The molecule has 4 heteroatoms. The van der Waals surface area contributed by atoms with Crippen LogP contribution in [0.2, 0.25) is 0 Å². The fraction of sp³-hybridized carbons (Fsp3) is 0.250. The van der Waals surface area contributed by atoms with E-state index in [0.717, 1.165) is 28.0 Å². The number of primary amides is 1. The predicted molar refractivity (Wildman–Crippen MR) is 68.4 cm³/mol. The normalized spacial score (nSPS) is 14.2. The molecular formula is C12H13BrN2O. The largest absolute Gasteiger partial charge is 0.366 e. The van der Waals surface area contributed by atoms with E-state index in [1.807, 2.05) is 35.9 Å². The van der Waals surface area contributed by atoms with Crippen molar-refractivity contribution >= 4 is 34.0 Å². The van der Waals surface area contributed by atoms with Crippen LogP contribution in [0.5, 0.6) is 0 Å². The Kier molecular flexibility index (Phi) is 3.01. The van der Waals surface area contributed by atoms with Crippen LogP contribution in [0.15, 0.2) is 16.8 Å². The van der Waals surface area contributed by atoms with Crippen molar-refractivity contribution in [1.82, 2.24) is 4.57 Å². The van der Waals surface area contributed by atoms with Gasteiger partial charge in [0.1, 0.15) is 0 Å². The second kappa shape index (κ2) is 4.29. The van der Waals surface area contributed by atoms with Gasteiger partial charge in [-0.15, -0.1) is 0 Å². The van der Waals surface area contributed by atoms with E-state index in [1.54, 1.807) is 0 Å². The van der Waals surface area contributed by atoms with E-state index in [2.05, 4.69) is 15.9 Å². The summed E-state index contributed by atoms with van der Waals surface area (Å²) in [6.45, 7) is 2.87. The summed E-state index contributed by atoms with van der Waals surface area (Å²) >= 11 is 3.46. The van der Waals surface area contributed by atoms with Crippen LogP contribution >= 0.6 is 15.9 Å². The quantitative estimate of drug-likeness (QED) is 0.858. The first kappa shape index (κ1) is 11.2. The molecule has 0 bridgehead atoms. The van der Waals surface area contributed by atoms with Gasteiger partial charge in [-0.3, -0.25) is 4.79 Å². The van der Waals surface area contributed by atoms with Crippen LogP contribution in [0.25, 0.3) is 12.2 Å². The van der Waals surface area contributed by atoms with Crippen molar-refractivity contribution in [1.29, 1.82) is 0 Å². The van der Waals surface area contributed by atoms with Gasteiger partial charge in [0, 0.05) is 23.3 Å². The fourth-order valence-corrected chi connectivity index (χ4v) is 2.18. The van der Waals surface area contributed by atoms with Crippen molar-refractivity contribution in [3.63, 3.8) is 0 Å². The number of hydrogen-bond acceptors (Lipinski definition) is 1. The average molecular weight is 281 g/mol. The summed E-state index contributed by atoms with van der Waals surface area (Å²) in [6.07, 6.45) is 8.67. The Bertz CT molecular complexity index is 581. The summed E-state index contributed by atoms with van der Waals surface area (Å²) < 4.78 is 3.13. The molecule has 1 aliphatic rings. The van der Waals surface area contributed by atoms with Gasteiger partial charge in [-0.2, -0.15) is 0 Å². The zero-order valence-electron chi connectivity index (χ0n) is 9.03. The van der Waals surface area contributed by atoms with Crippen LogP contribution in [-0.4, -0.2) is 10.5 Å². The summed E-state index contributed by atoms with van der Waals surface area (Å²) in [4.78, 5) is 11.3. The van der Waals surface area contributed by atoms with E-state index in [1.165, 1.54) is 0 Å². The van der Waals surface area contributed by atoms with Gasteiger partial charge < -0.3 is 10.3 Å². The van der Waals surface area contributed by atoms with Crippen LogP contribution in [0.3, 0.4) is 0 Å². The Morgan fingerprint density at radius 1 is 1.56 bits per heavy atom. The van der Waals surface area contributed by atoms with Gasteiger partial charge in [0.05, 0.1) is 5.56 Å². The summed E-state index contributed by atoms with van der Waals surface area (Å²) in [5.74, 6) is -0.369. The molecule has 0 saturated heterocycles. The maximum Gasteiger partial charge on any atom is 0.250 e. The smallest absolute Gasteiger partial charge is 0.250 e. The number of aryl methyl sites for hydroxylation is 1. The average Bonchev–Trinajstić information content (AvgIpc) is 2.51. The first-order chi connectivity index (χ1) is 7.63. The number of rotatable bonds is 2. The SMILES string of the molecule is CCn1cc(C(N)=O)c2c1=CC=C(Br)CC=2. The molecule has 2 N–H and O–H groups in total. The van der Waals surface area contributed by atoms with Gasteiger partial charge in [-0.1, -0.05) is 22.0 Å². The molecule has 1 aromatic rings. The zero-order chi connectivity index (χ0) is 11.7. The van der Waals surface area contributed by atoms with Crippen molar-refractivity contribution in [3.05, 3.63) is 32.9 Å². The molecule has 3 nitrogen and oxygen atoms in total. The Morgan fingerprint density at radius 2 is 2.31 bits per heavy atom. The molecule has 0 radical (unpaired) electrons. The lowest BCUT2D eigenvalue weighted by Gasteiger charge is -1.95. The molecule has 2 rings (SSSR count). The number of carbonyl (C=O) groups excluding carboxylic acids is 1. The highest BCUT2D eigenvalue weighted by molar-refractivity contribution is 9.11. The lowest BCUT2D eigenvalue weighted by Crippen LogP contribution is -2.31. The van der Waals surface area contributed by atoms with Crippen molar-refractivity contribution in [2.24, 2.45) is 5.73 Å². The number of amides is 1. The van der Waals surface area contributed by atoms with Crippen molar-refractivity contribution in [3.8, 4) is 0 Å². The molecule has 1 heterocycles. The summed E-state index contributed by atoms with van der Waals surface area (Å²) in [7, 11) is 0. The minimum Gasteiger partial charge on any atom is -0.366 e. The molecule has 0 spiro atoms. The van der Waals surface area contributed by atoms with Gasteiger partial charge >= 0.3 is 0 Å². The van der Waals surface area contributed by atoms with Crippen LogP contribution in [-0.2, 0) is 6.54 Å². The molecule has 84 valence electrons.